The smallest absolute Gasteiger partial charge is 0.205 e. The summed E-state index contributed by atoms with van der Waals surface area (Å²) in [6.07, 6.45) is 0. The Morgan fingerprint density at radius 1 is 1.20 bits per heavy atom. The van der Waals surface area contributed by atoms with Crippen molar-refractivity contribution in [2.24, 2.45) is 17.8 Å². The lowest BCUT2D eigenvalue weighted by molar-refractivity contribution is 0.240. The monoisotopic (exact) mass is 225 g/mol. The van der Waals surface area contributed by atoms with E-state index in [4.69, 9.17) is 0 Å². The number of rotatable bonds is 1. The average Bonchev–Trinajstić information content (AvgIpc) is 2.60. The summed E-state index contributed by atoms with van der Waals surface area (Å²) in [5.41, 5.74) is 0. The summed E-state index contributed by atoms with van der Waals surface area (Å²) in [7, 11) is 0. The van der Waals surface area contributed by atoms with E-state index in [1.807, 2.05) is 6.92 Å². The third kappa shape index (κ3) is 2.14. The van der Waals surface area contributed by atoms with E-state index in [0.29, 0.717) is 0 Å². The Balaban J connectivity index is 2.12. The van der Waals surface area contributed by atoms with Crippen molar-refractivity contribution in [2.45, 2.75) is 27.7 Å². The Kier molecular flexibility index (Phi) is 2.96. The Hall–Kier alpha value is -0.640. The first kappa shape index (κ1) is 10.9. The molecule has 3 atom stereocenters. The van der Waals surface area contributed by atoms with Crippen LogP contribution in [0.5, 0.6) is 0 Å². The SMILES string of the molecule is Cc1nsc(N2CC(C)C(C)[C@@H](C)C2)n1. The van der Waals surface area contributed by atoms with Gasteiger partial charge in [-0.05, 0) is 24.7 Å². The normalized spacial score (nSPS) is 32.0. The molecule has 0 aromatic carbocycles. The highest BCUT2D eigenvalue weighted by Gasteiger charge is 2.29. The molecule has 2 heterocycles. The maximum atomic E-state index is 4.46. The van der Waals surface area contributed by atoms with Gasteiger partial charge in [-0.2, -0.15) is 4.37 Å². The van der Waals surface area contributed by atoms with Gasteiger partial charge in [0.15, 0.2) is 0 Å². The van der Waals surface area contributed by atoms with Crippen molar-refractivity contribution in [3.8, 4) is 0 Å². The Morgan fingerprint density at radius 3 is 2.27 bits per heavy atom. The molecule has 1 aliphatic rings. The molecule has 0 spiro atoms. The third-order valence-corrected chi connectivity index (χ3v) is 4.47. The van der Waals surface area contributed by atoms with Crippen molar-refractivity contribution in [2.75, 3.05) is 18.0 Å². The van der Waals surface area contributed by atoms with E-state index in [1.165, 1.54) is 11.5 Å². The van der Waals surface area contributed by atoms with Gasteiger partial charge >= 0.3 is 0 Å². The first-order chi connectivity index (χ1) is 7.08. The molecule has 1 aromatic heterocycles. The summed E-state index contributed by atoms with van der Waals surface area (Å²) in [5.74, 6) is 3.21. The lowest BCUT2D eigenvalue weighted by atomic mass is 9.81. The highest BCUT2D eigenvalue weighted by atomic mass is 32.1. The molecule has 1 saturated heterocycles. The second-order valence-electron chi connectivity index (χ2n) is 4.84. The van der Waals surface area contributed by atoms with Crippen molar-refractivity contribution < 1.29 is 0 Å². The van der Waals surface area contributed by atoms with Crippen LogP contribution in [0.3, 0.4) is 0 Å². The number of aryl methyl sites for hydroxylation is 1. The molecule has 0 bridgehead atoms. The maximum absolute atomic E-state index is 4.46. The quantitative estimate of drug-likeness (QED) is 0.735. The number of aromatic nitrogens is 2. The number of nitrogens with zero attached hydrogens (tertiary/aromatic N) is 3. The zero-order valence-electron chi connectivity index (χ0n) is 9.90. The van der Waals surface area contributed by atoms with Gasteiger partial charge in [0.2, 0.25) is 5.13 Å². The lowest BCUT2D eigenvalue weighted by Gasteiger charge is -2.39. The zero-order chi connectivity index (χ0) is 11.0. The van der Waals surface area contributed by atoms with E-state index in [9.17, 15) is 0 Å². The number of hydrogen-bond acceptors (Lipinski definition) is 4. The molecule has 0 aliphatic carbocycles. The number of piperidine rings is 1. The molecule has 4 heteroatoms. The molecule has 0 amide bonds. The van der Waals surface area contributed by atoms with Crippen molar-refractivity contribution in [3.05, 3.63) is 5.82 Å². The average molecular weight is 225 g/mol. The van der Waals surface area contributed by atoms with Gasteiger partial charge in [-0.15, -0.1) is 0 Å². The fourth-order valence-electron chi connectivity index (χ4n) is 2.23. The fourth-order valence-corrected chi connectivity index (χ4v) is 2.93. The van der Waals surface area contributed by atoms with Crippen LogP contribution in [0.4, 0.5) is 5.13 Å². The molecule has 0 N–H and O–H groups in total. The van der Waals surface area contributed by atoms with Gasteiger partial charge in [0.05, 0.1) is 0 Å². The minimum atomic E-state index is 0.748. The van der Waals surface area contributed by atoms with Crippen LogP contribution >= 0.6 is 11.5 Å². The zero-order valence-corrected chi connectivity index (χ0v) is 10.7. The summed E-state index contributed by atoms with van der Waals surface area (Å²) in [5, 5.41) is 1.10. The van der Waals surface area contributed by atoms with Crippen LogP contribution in [0, 0.1) is 24.7 Å². The summed E-state index contributed by atoms with van der Waals surface area (Å²) >= 11 is 1.53. The van der Waals surface area contributed by atoms with Crippen LogP contribution < -0.4 is 4.90 Å². The van der Waals surface area contributed by atoms with Crippen LogP contribution in [-0.4, -0.2) is 22.4 Å². The maximum Gasteiger partial charge on any atom is 0.205 e. The molecule has 84 valence electrons. The van der Waals surface area contributed by atoms with Crippen LogP contribution in [-0.2, 0) is 0 Å². The highest BCUT2D eigenvalue weighted by Crippen LogP contribution is 2.31. The predicted molar refractivity (Wildman–Crippen MR) is 64.4 cm³/mol. The second-order valence-corrected chi connectivity index (χ2v) is 5.57. The predicted octanol–water partition coefficient (Wildman–Crippen LogP) is 2.57. The standard InChI is InChI=1S/C11H19N3S/c1-7-5-14(6-8(2)9(7)3)11-12-10(4)13-15-11/h7-9H,5-6H2,1-4H3/t7-,8?,9?/m0/s1. The molecule has 15 heavy (non-hydrogen) atoms. The second kappa shape index (κ2) is 4.08. The number of hydrogen-bond donors (Lipinski definition) is 0. The largest absolute Gasteiger partial charge is 0.346 e. The fraction of sp³-hybridized carbons (Fsp3) is 0.818. The van der Waals surface area contributed by atoms with Crippen molar-refractivity contribution in [1.82, 2.24) is 9.36 Å². The van der Waals surface area contributed by atoms with E-state index in [1.54, 1.807) is 0 Å². The Bertz CT molecular complexity index is 324. The van der Waals surface area contributed by atoms with E-state index in [-0.39, 0.29) is 0 Å². The Morgan fingerprint density at radius 2 is 1.80 bits per heavy atom. The summed E-state index contributed by atoms with van der Waals surface area (Å²) in [6.45, 7) is 11.2. The van der Waals surface area contributed by atoms with Gasteiger partial charge in [0.1, 0.15) is 5.82 Å². The molecule has 3 nitrogen and oxygen atoms in total. The van der Waals surface area contributed by atoms with E-state index < -0.39 is 0 Å². The first-order valence-electron chi connectivity index (χ1n) is 5.63. The number of anilines is 1. The molecule has 1 fully saturated rings. The minimum Gasteiger partial charge on any atom is -0.346 e. The van der Waals surface area contributed by atoms with Gasteiger partial charge in [-0.25, -0.2) is 4.98 Å². The molecular weight excluding hydrogens is 206 g/mol. The molecule has 2 rings (SSSR count). The van der Waals surface area contributed by atoms with E-state index in [2.05, 4.69) is 35.0 Å². The third-order valence-electron chi connectivity index (χ3n) is 3.60. The molecule has 0 radical (unpaired) electrons. The summed E-state index contributed by atoms with van der Waals surface area (Å²) in [4.78, 5) is 6.85. The van der Waals surface area contributed by atoms with Crippen molar-refractivity contribution >= 4 is 16.7 Å². The molecule has 1 aliphatic heterocycles. The molecule has 0 saturated carbocycles. The van der Waals surface area contributed by atoms with Gasteiger partial charge in [0.25, 0.3) is 0 Å². The summed E-state index contributed by atoms with van der Waals surface area (Å²) < 4.78 is 4.25. The summed E-state index contributed by atoms with van der Waals surface area (Å²) in [6, 6.07) is 0. The van der Waals surface area contributed by atoms with Gasteiger partial charge in [-0.3, -0.25) is 0 Å². The topological polar surface area (TPSA) is 29.0 Å². The first-order valence-corrected chi connectivity index (χ1v) is 6.40. The van der Waals surface area contributed by atoms with Crippen molar-refractivity contribution in [1.29, 1.82) is 0 Å². The van der Waals surface area contributed by atoms with E-state index >= 15 is 0 Å². The van der Waals surface area contributed by atoms with Gasteiger partial charge in [0, 0.05) is 24.6 Å². The van der Waals surface area contributed by atoms with E-state index in [0.717, 1.165) is 41.8 Å². The lowest BCUT2D eigenvalue weighted by Crippen LogP contribution is -2.43. The van der Waals surface area contributed by atoms with Crippen LogP contribution in [0.25, 0.3) is 0 Å². The van der Waals surface area contributed by atoms with Crippen LogP contribution in [0.15, 0.2) is 0 Å². The molecule has 2 unspecified atom stereocenters. The highest BCUT2D eigenvalue weighted by molar-refractivity contribution is 7.09. The Labute approximate surface area is 95.7 Å². The van der Waals surface area contributed by atoms with Gasteiger partial charge in [-0.1, -0.05) is 20.8 Å². The van der Waals surface area contributed by atoms with Gasteiger partial charge < -0.3 is 4.90 Å². The van der Waals surface area contributed by atoms with Crippen LogP contribution in [0.2, 0.25) is 0 Å². The molecular formula is C11H19N3S. The molecule has 1 aromatic rings. The van der Waals surface area contributed by atoms with Crippen LogP contribution in [0.1, 0.15) is 26.6 Å². The minimum absolute atomic E-state index is 0.748. The van der Waals surface area contributed by atoms with Crippen molar-refractivity contribution in [3.63, 3.8) is 0 Å².